The second-order valence-electron chi connectivity index (χ2n) is 4.69. The normalized spacial score (nSPS) is 27.9. The number of aliphatic imine (C=N–C) groups is 2. The minimum absolute atomic E-state index is 0.480. The number of rotatable bonds is 1. The molecule has 4 heteroatoms. The van der Waals surface area contributed by atoms with Gasteiger partial charge in [0.05, 0.1) is 0 Å². The maximum atomic E-state index is 4.46. The predicted molar refractivity (Wildman–Crippen MR) is 74.9 cm³/mol. The zero-order valence-corrected chi connectivity index (χ0v) is 11.6. The predicted octanol–water partition coefficient (Wildman–Crippen LogP) is 1.69. The van der Waals surface area contributed by atoms with Crippen LogP contribution in [0.1, 0.15) is 27.7 Å². The Labute approximate surface area is 105 Å². The van der Waals surface area contributed by atoms with E-state index in [0.717, 1.165) is 24.6 Å². The summed E-state index contributed by atoms with van der Waals surface area (Å²) in [5, 5.41) is 3.50. The molecule has 96 valence electrons. The van der Waals surface area contributed by atoms with Gasteiger partial charge in [-0.1, -0.05) is 6.08 Å². The SMILES string of the molecule is C\C=C(C)/C=N\C(=N/C)N1C[C@@H](C)N[C@@H](C)C1. The first-order chi connectivity index (χ1) is 8.06. The van der Waals surface area contributed by atoms with Gasteiger partial charge in [-0.15, -0.1) is 0 Å². The van der Waals surface area contributed by atoms with E-state index < -0.39 is 0 Å². The highest BCUT2D eigenvalue weighted by Crippen LogP contribution is 2.06. The molecule has 0 unspecified atom stereocenters. The smallest absolute Gasteiger partial charge is 0.220 e. The van der Waals surface area contributed by atoms with Crippen LogP contribution < -0.4 is 5.32 Å². The number of piperazine rings is 1. The molecule has 0 aromatic carbocycles. The quantitative estimate of drug-likeness (QED) is 0.556. The van der Waals surface area contributed by atoms with Gasteiger partial charge in [0.1, 0.15) is 0 Å². The Morgan fingerprint density at radius 1 is 1.29 bits per heavy atom. The number of guanidine groups is 1. The average Bonchev–Trinajstić information content (AvgIpc) is 2.28. The van der Waals surface area contributed by atoms with Crippen LogP contribution in [-0.2, 0) is 0 Å². The zero-order chi connectivity index (χ0) is 12.8. The second kappa shape index (κ2) is 6.55. The van der Waals surface area contributed by atoms with Gasteiger partial charge in [-0.05, 0) is 33.3 Å². The highest BCUT2D eigenvalue weighted by Gasteiger charge is 2.22. The molecule has 2 atom stereocenters. The van der Waals surface area contributed by atoms with Crippen LogP contribution in [0.2, 0.25) is 0 Å². The summed E-state index contributed by atoms with van der Waals surface area (Å²) in [6.07, 6.45) is 3.92. The molecule has 0 aromatic rings. The van der Waals surface area contributed by atoms with Crippen molar-refractivity contribution < 1.29 is 0 Å². The van der Waals surface area contributed by atoms with Crippen LogP contribution >= 0.6 is 0 Å². The monoisotopic (exact) mass is 236 g/mol. The minimum Gasteiger partial charge on any atom is -0.338 e. The van der Waals surface area contributed by atoms with E-state index >= 15 is 0 Å². The molecule has 0 saturated carbocycles. The van der Waals surface area contributed by atoms with Gasteiger partial charge in [-0.3, -0.25) is 4.99 Å². The minimum atomic E-state index is 0.480. The lowest BCUT2D eigenvalue weighted by molar-refractivity contribution is 0.253. The largest absolute Gasteiger partial charge is 0.338 e. The van der Waals surface area contributed by atoms with Crippen LogP contribution in [0, 0.1) is 0 Å². The number of allylic oxidation sites excluding steroid dienone is 2. The number of hydrogen-bond donors (Lipinski definition) is 1. The second-order valence-corrected chi connectivity index (χ2v) is 4.69. The molecule has 1 saturated heterocycles. The van der Waals surface area contributed by atoms with E-state index in [1.807, 2.05) is 26.1 Å². The van der Waals surface area contributed by atoms with E-state index in [1.54, 1.807) is 7.05 Å². The molecule has 4 nitrogen and oxygen atoms in total. The van der Waals surface area contributed by atoms with Crippen molar-refractivity contribution in [3.63, 3.8) is 0 Å². The molecule has 1 fully saturated rings. The van der Waals surface area contributed by atoms with E-state index in [1.165, 1.54) is 0 Å². The van der Waals surface area contributed by atoms with E-state index in [4.69, 9.17) is 0 Å². The summed E-state index contributed by atoms with van der Waals surface area (Å²) in [5.41, 5.74) is 1.15. The van der Waals surface area contributed by atoms with Crippen molar-refractivity contribution in [1.82, 2.24) is 10.2 Å². The summed E-state index contributed by atoms with van der Waals surface area (Å²) in [6, 6.07) is 0.960. The molecule has 1 aliphatic rings. The number of nitrogens with zero attached hydrogens (tertiary/aromatic N) is 3. The van der Waals surface area contributed by atoms with Crippen molar-refractivity contribution in [2.45, 2.75) is 39.8 Å². The zero-order valence-electron chi connectivity index (χ0n) is 11.6. The van der Waals surface area contributed by atoms with Crippen LogP contribution in [0.5, 0.6) is 0 Å². The van der Waals surface area contributed by atoms with Crippen LogP contribution in [0.4, 0.5) is 0 Å². The van der Waals surface area contributed by atoms with Crippen LogP contribution in [-0.4, -0.2) is 49.3 Å². The Balaban J connectivity index is 2.71. The fourth-order valence-electron chi connectivity index (χ4n) is 2.01. The summed E-state index contributed by atoms with van der Waals surface area (Å²) >= 11 is 0. The maximum Gasteiger partial charge on any atom is 0.220 e. The van der Waals surface area contributed by atoms with Crippen molar-refractivity contribution in [2.24, 2.45) is 9.98 Å². The van der Waals surface area contributed by atoms with Gasteiger partial charge >= 0.3 is 0 Å². The standard InChI is InChI=1S/C13H24N4/c1-6-10(2)7-15-13(14-5)17-8-11(3)16-12(4)9-17/h6-7,11-12,16H,8-9H2,1-5H3/b10-6-,14-13+,15-7-/t11-,12+. The molecule has 1 aliphatic heterocycles. The number of hydrogen-bond acceptors (Lipinski definition) is 2. The van der Waals surface area contributed by atoms with E-state index in [9.17, 15) is 0 Å². The van der Waals surface area contributed by atoms with Gasteiger partial charge in [0.2, 0.25) is 5.96 Å². The fourth-order valence-corrected chi connectivity index (χ4v) is 2.01. The first-order valence-corrected chi connectivity index (χ1v) is 6.21. The van der Waals surface area contributed by atoms with Crippen molar-refractivity contribution >= 4 is 12.2 Å². The number of nitrogens with one attached hydrogen (secondary N) is 1. The van der Waals surface area contributed by atoms with Crippen molar-refractivity contribution in [3.8, 4) is 0 Å². The Morgan fingerprint density at radius 2 is 1.88 bits per heavy atom. The van der Waals surface area contributed by atoms with E-state index in [-0.39, 0.29) is 0 Å². The molecular weight excluding hydrogens is 212 g/mol. The molecule has 1 N–H and O–H groups in total. The van der Waals surface area contributed by atoms with Crippen molar-refractivity contribution in [3.05, 3.63) is 11.6 Å². The molecule has 1 heterocycles. The van der Waals surface area contributed by atoms with Crippen molar-refractivity contribution in [2.75, 3.05) is 20.1 Å². The first-order valence-electron chi connectivity index (χ1n) is 6.21. The third kappa shape index (κ3) is 4.30. The molecule has 0 spiro atoms. The molecule has 0 aliphatic carbocycles. The van der Waals surface area contributed by atoms with Crippen LogP contribution in [0.25, 0.3) is 0 Å². The molecule has 17 heavy (non-hydrogen) atoms. The summed E-state index contributed by atoms with van der Waals surface area (Å²) < 4.78 is 0. The lowest BCUT2D eigenvalue weighted by Crippen LogP contribution is -2.55. The first kappa shape index (κ1) is 13.9. The van der Waals surface area contributed by atoms with Gasteiger partial charge in [0, 0.05) is 38.4 Å². The molecule has 0 radical (unpaired) electrons. The van der Waals surface area contributed by atoms with Crippen LogP contribution in [0.3, 0.4) is 0 Å². The van der Waals surface area contributed by atoms with Crippen LogP contribution in [0.15, 0.2) is 21.6 Å². The third-order valence-corrected chi connectivity index (χ3v) is 2.88. The van der Waals surface area contributed by atoms with Gasteiger partial charge in [0.15, 0.2) is 0 Å². The molecular formula is C13H24N4. The summed E-state index contributed by atoms with van der Waals surface area (Å²) in [5.74, 6) is 0.825. The fraction of sp³-hybridized carbons (Fsp3) is 0.692. The summed E-state index contributed by atoms with van der Waals surface area (Å²) in [4.78, 5) is 11.0. The highest BCUT2D eigenvalue weighted by atomic mass is 15.3. The summed E-state index contributed by atoms with van der Waals surface area (Å²) in [7, 11) is 1.80. The van der Waals surface area contributed by atoms with Gasteiger partial charge in [0.25, 0.3) is 0 Å². The van der Waals surface area contributed by atoms with Gasteiger partial charge in [-0.2, -0.15) is 0 Å². The van der Waals surface area contributed by atoms with E-state index in [0.29, 0.717) is 12.1 Å². The summed E-state index contributed by atoms with van der Waals surface area (Å²) in [6.45, 7) is 10.4. The lowest BCUT2D eigenvalue weighted by atomic mass is 10.1. The van der Waals surface area contributed by atoms with Gasteiger partial charge < -0.3 is 10.2 Å². The topological polar surface area (TPSA) is 40.0 Å². The van der Waals surface area contributed by atoms with E-state index in [2.05, 4.69) is 34.0 Å². The maximum absolute atomic E-state index is 4.46. The Morgan fingerprint density at radius 3 is 2.35 bits per heavy atom. The average molecular weight is 236 g/mol. The van der Waals surface area contributed by atoms with Gasteiger partial charge in [-0.25, -0.2) is 4.99 Å². The van der Waals surface area contributed by atoms with Crippen molar-refractivity contribution in [1.29, 1.82) is 0 Å². The third-order valence-electron chi connectivity index (χ3n) is 2.88. The molecule has 0 bridgehead atoms. The molecule has 0 aromatic heterocycles. The molecule has 1 rings (SSSR count). The highest BCUT2D eigenvalue weighted by molar-refractivity contribution is 5.93. The Bertz CT molecular complexity index is 320. The Kier molecular flexibility index (Phi) is 5.35. The molecule has 0 amide bonds. The Hall–Kier alpha value is -1.16. The lowest BCUT2D eigenvalue weighted by Gasteiger charge is -2.36.